The molecular weight excluding hydrogens is 406 g/mol. The summed E-state index contributed by atoms with van der Waals surface area (Å²) in [4.78, 5) is 12.2. The van der Waals surface area contributed by atoms with Crippen LogP contribution in [0.15, 0.2) is 22.9 Å². The van der Waals surface area contributed by atoms with E-state index in [1.165, 1.54) is 6.20 Å². The van der Waals surface area contributed by atoms with Crippen LogP contribution in [-0.4, -0.2) is 37.8 Å². The highest BCUT2D eigenvalue weighted by Crippen LogP contribution is 2.44. The maximum absolute atomic E-state index is 12.2. The average Bonchev–Trinajstić information content (AvgIpc) is 3.46. The van der Waals surface area contributed by atoms with Crippen molar-refractivity contribution in [3.05, 3.63) is 24.0 Å². The molecule has 9 nitrogen and oxygen atoms in total. The van der Waals surface area contributed by atoms with Crippen LogP contribution in [0.4, 0.5) is 11.7 Å². The minimum Gasteiger partial charge on any atom is -0.403 e. The Morgan fingerprint density at radius 1 is 1.31 bits per heavy atom. The molecule has 0 bridgehead atoms. The highest BCUT2D eigenvalue weighted by Gasteiger charge is 2.41. The fraction of sp³-hybridized carbons (Fsp3) is 0.565. The Balaban J connectivity index is 1.71. The Bertz CT molecular complexity index is 1110. The van der Waals surface area contributed by atoms with Gasteiger partial charge >= 0.3 is 6.01 Å². The topological polar surface area (TPSA) is 123 Å². The van der Waals surface area contributed by atoms with Crippen molar-refractivity contribution < 1.29 is 9.21 Å². The van der Waals surface area contributed by atoms with Gasteiger partial charge in [-0.2, -0.15) is 5.10 Å². The van der Waals surface area contributed by atoms with Gasteiger partial charge in [0.2, 0.25) is 0 Å². The van der Waals surface area contributed by atoms with E-state index in [4.69, 9.17) is 10.2 Å². The quantitative estimate of drug-likeness (QED) is 0.477. The second-order valence-electron chi connectivity index (χ2n) is 9.42. The lowest BCUT2D eigenvalue weighted by molar-refractivity contribution is 0.100. The van der Waals surface area contributed by atoms with Crippen molar-refractivity contribution in [2.45, 2.75) is 72.4 Å². The first-order valence-corrected chi connectivity index (χ1v) is 11.4. The van der Waals surface area contributed by atoms with Crippen LogP contribution < -0.4 is 16.4 Å². The lowest BCUT2D eigenvalue weighted by Crippen LogP contribution is -2.35. The van der Waals surface area contributed by atoms with Gasteiger partial charge in [-0.15, -0.1) is 5.10 Å². The van der Waals surface area contributed by atoms with Gasteiger partial charge < -0.3 is 20.8 Å². The molecule has 0 spiro atoms. The first kappa shape index (κ1) is 22.1. The van der Waals surface area contributed by atoms with Crippen LogP contribution in [0.5, 0.6) is 0 Å². The van der Waals surface area contributed by atoms with E-state index in [1.807, 2.05) is 12.3 Å². The summed E-state index contributed by atoms with van der Waals surface area (Å²) in [5.41, 5.74) is 8.33. The minimum absolute atomic E-state index is 0.0900. The summed E-state index contributed by atoms with van der Waals surface area (Å²) in [6.45, 7) is 11.0. The second-order valence-corrected chi connectivity index (χ2v) is 9.42. The number of carbonyl (C=O) groups excluding carboxylic acids is 1. The van der Waals surface area contributed by atoms with Crippen molar-refractivity contribution in [2.24, 2.45) is 17.1 Å². The molecule has 32 heavy (non-hydrogen) atoms. The van der Waals surface area contributed by atoms with Crippen LogP contribution in [0.1, 0.15) is 70.7 Å². The molecule has 0 aliphatic heterocycles. The van der Waals surface area contributed by atoms with E-state index in [-0.39, 0.29) is 17.5 Å². The summed E-state index contributed by atoms with van der Waals surface area (Å²) in [7, 11) is 0. The molecule has 3 aromatic heterocycles. The molecule has 2 atom stereocenters. The monoisotopic (exact) mass is 439 g/mol. The number of amides is 1. The maximum atomic E-state index is 12.2. The number of nitrogens with one attached hydrogen (secondary N) is 2. The SMILES string of the molecule is CCC(CC)Nc1nnc(-c2cc3c(N[C@@H]4CC[C@@H](C)C4(C)C)c(C(N)=O)cnn3c2)o1. The summed E-state index contributed by atoms with van der Waals surface area (Å²) in [6, 6.07) is 2.81. The summed E-state index contributed by atoms with van der Waals surface area (Å²) in [5.74, 6) is 0.463. The van der Waals surface area contributed by atoms with E-state index < -0.39 is 5.91 Å². The molecule has 3 aromatic rings. The zero-order valence-corrected chi connectivity index (χ0v) is 19.5. The van der Waals surface area contributed by atoms with E-state index >= 15 is 0 Å². The molecule has 1 saturated carbocycles. The summed E-state index contributed by atoms with van der Waals surface area (Å²) in [6.07, 6.45) is 7.44. The zero-order valence-electron chi connectivity index (χ0n) is 19.5. The molecule has 1 aliphatic rings. The van der Waals surface area contributed by atoms with Gasteiger partial charge in [0.15, 0.2) is 0 Å². The van der Waals surface area contributed by atoms with Crippen molar-refractivity contribution in [3.8, 4) is 11.5 Å². The number of nitrogens with two attached hydrogens (primary N) is 1. The second kappa shape index (κ2) is 8.44. The van der Waals surface area contributed by atoms with Gasteiger partial charge in [0.1, 0.15) is 0 Å². The summed E-state index contributed by atoms with van der Waals surface area (Å²) in [5, 5.41) is 19.6. The predicted octanol–water partition coefficient (Wildman–Crippen LogP) is 4.32. The number of fused-ring (bicyclic) bond motifs is 1. The summed E-state index contributed by atoms with van der Waals surface area (Å²) < 4.78 is 7.56. The number of rotatable bonds is 8. The highest BCUT2D eigenvalue weighted by atomic mass is 16.4. The fourth-order valence-corrected chi connectivity index (χ4v) is 4.51. The van der Waals surface area contributed by atoms with Crippen molar-refractivity contribution in [1.82, 2.24) is 19.8 Å². The van der Waals surface area contributed by atoms with Gasteiger partial charge in [-0.1, -0.05) is 39.7 Å². The zero-order chi connectivity index (χ0) is 23.0. The predicted molar refractivity (Wildman–Crippen MR) is 125 cm³/mol. The molecule has 4 N–H and O–H groups in total. The van der Waals surface area contributed by atoms with E-state index in [0.29, 0.717) is 29.1 Å². The van der Waals surface area contributed by atoms with Crippen molar-refractivity contribution >= 4 is 23.1 Å². The molecule has 1 fully saturated rings. The third-order valence-electron chi connectivity index (χ3n) is 7.26. The van der Waals surface area contributed by atoms with Crippen LogP contribution in [0, 0.1) is 11.3 Å². The number of hydrogen-bond donors (Lipinski definition) is 3. The van der Waals surface area contributed by atoms with Crippen LogP contribution >= 0.6 is 0 Å². The number of anilines is 2. The van der Waals surface area contributed by atoms with E-state index in [0.717, 1.165) is 36.8 Å². The van der Waals surface area contributed by atoms with Crippen LogP contribution in [0.25, 0.3) is 17.0 Å². The normalized spacial score (nSPS) is 20.2. The minimum atomic E-state index is -0.511. The Kier molecular flexibility index (Phi) is 5.83. The molecule has 172 valence electrons. The molecule has 0 radical (unpaired) electrons. The van der Waals surface area contributed by atoms with E-state index in [2.05, 4.69) is 60.5 Å². The number of aromatic nitrogens is 4. The van der Waals surface area contributed by atoms with Gasteiger partial charge in [-0.25, -0.2) is 4.52 Å². The van der Waals surface area contributed by atoms with Crippen molar-refractivity contribution in [1.29, 1.82) is 0 Å². The molecule has 1 amide bonds. The van der Waals surface area contributed by atoms with Gasteiger partial charge in [-0.05, 0) is 43.1 Å². The van der Waals surface area contributed by atoms with Gasteiger partial charge in [0.05, 0.1) is 28.5 Å². The number of nitrogens with zero attached hydrogens (tertiary/aromatic N) is 4. The van der Waals surface area contributed by atoms with E-state index in [9.17, 15) is 4.79 Å². The first-order chi connectivity index (χ1) is 15.2. The fourth-order valence-electron chi connectivity index (χ4n) is 4.51. The highest BCUT2D eigenvalue weighted by molar-refractivity contribution is 6.02. The molecule has 0 aromatic carbocycles. The molecule has 0 unspecified atom stereocenters. The van der Waals surface area contributed by atoms with Crippen LogP contribution in [0.2, 0.25) is 0 Å². The Morgan fingerprint density at radius 3 is 2.69 bits per heavy atom. The van der Waals surface area contributed by atoms with Crippen molar-refractivity contribution in [3.63, 3.8) is 0 Å². The first-order valence-electron chi connectivity index (χ1n) is 11.4. The number of hydrogen-bond acceptors (Lipinski definition) is 7. The van der Waals surface area contributed by atoms with Crippen molar-refractivity contribution in [2.75, 3.05) is 10.6 Å². The third kappa shape index (κ3) is 3.91. The molecular formula is C23H33N7O2. The Hall–Kier alpha value is -3.10. The molecule has 0 saturated heterocycles. The Morgan fingerprint density at radius 2 is 2.06 bits per heavy atom. The molecule has 3 heterocycles. The number of primary amides is 1. The Labute approximate surface area is 188 Å². The maximum Gasteiger partial charge on any atom is 0.315 e. The lowest BCUT2D eigenvalue weighted by Gasteiger charge is -2.33. The van der Waals surface area contributed by atoms with E-state index in [1.54, 1.807) is 4.52 Å². The number of carbonyl (C=O) groups is 1. The summed E-state index contributed by atoms with van der Waals surface area (Å²) >= 11 is 0. The third-order valence-corrected chi connectivity index (χ3v) is 7.26. The average molecular weight is 440 g/mol. The molecule has 4 rings (SSSR count). The van der Waals surface area contributed by atoms with Gasteiger partial charge in [0.25, 0.3) is 11.8 Å². The lowest BCUT2D eigenvalue weighted by atomic mass is 9.80. The van der Waals surface area contributed by atoms with Gasteiger partial charge in [-0.3, -0.25) is 4.79 Å². The smallest absolute Gasteiger partial charge is 0.315 e. The largest absolute Gasteiger partial charge is 0.403 e. The van der Waals surface area contributed by atoms with Crippen LogP contribution in [-0.2, 0) is 0 Å². The molecule has 1 aliphatic carbocycles. The molecule has 9 heteroatoms. The standard InChI is InChI=1S/C23H33N7O2/c1-6-15(7-2)26-22-29-28-21(32-22)14-10-17-19(16(20(24)31)11-25-30(17)12-14)27-18-9-8-13(3)23(18,4)5/h10-13,15,18,27H,6-9H2,1-5H3,(H2,24,31)(H,26,29)/t13-,18-/m1/s1. The van der Waals surface area contributed by atoms with Gasteiger partial charge in [0, 0.05) is 18.3 Å². The van der Waals surface area contributed by atoms with Crippen LogP contribution in [0.3, 0.4) is 0 Å².